The van der Waals surface area contributed by atoms with Crippen molar-refractivity contribution in [1.29, 1.82) is 0 Å². The molecular weight excluding hydrogens is 253 g/mol. The molecule has 1 heterocycles. The maximum atomic E-state index is 10.5. The van der Waals surface area contributed by atoms with Crippen molar-refractivity contribution in [3.05, 3.63) is 39.3 Å². The Morgan fingerprint density at radius 2 is 2.13 bits per heavy atom. The Hall–Kier alpha value is -0.900. The zero-order chi connectivity index (χ0) is 10.8. The highest BCUT2D eigenvalue weighted by Crippen LogP contribution is 2.32. The third kappa shape index (κ3) is 2.20. The zero-order valence-electron chi connectivity index (χ0n) is 7.41. The standard InChI is InChI=1S/C10H5Cl2NOS/c11-6-1-2-9(12)8(3-6)10-13-7(4-14)5-15-10/h1-5H. The van der Waals surface area contributed by atoms with Crippen molar-refractivity contribution in [1.82, 2.24) is 4.98 Å². The number of hydrogen-bond donors (Lipinski definition) is 0. The molecule has 2 nitrogen and oxygen atoms in total. The number of halogens is 2. The summed E-state index contributed by atoms with van der Waals surface area (Å²) in [5.74, 6) is 0. The van der Waals surface area contributed by atoms with E-state index in [4.69, 9.17) is 23.2 Å². The third-order valence-corrected chi connectivity index (χ3v) is 3.26. The van der Waals surface area contributed by atoms with Crippen molar-refractivity contribution >= 4 is 40.8 Å². The molecule has 0 amide bonds. The van der Waals surface area contributed by atoms with Gasteiger partial charge in [0.2, 0.25) is 0 Å². The van der Waals surface area contributed by atoms with Crippen LogP contribution in [0.2, 0.25) is 10.0 Å². The number of hydrogen-bond acceptors (Lipinski definition) is 3. The molecule has 0 spiro atoms. The Balaban J connectivity index is 2.52. The molecule has 0 saturated heterocycles. The molecule has 1 aromatic carbocycles. The second-order valence-corrected chi connectivity index (χ2v) is 4.52. The number of thiazole rings is 1. The SMILES string of the molecule is O=Cc1csc(-c2cc(Cl)ccc2Cl)n1. The Bertz CT molecular complexity index is 510. The number of aromatic nitrogens is 1. The van der Waals surface area contributed by atoms with Crippen LogP contribution < -0.4 is 0 Å². The molecule has 2 aromatic rings. The van der Waals surface area contributed by atoms with Gasteiger partial charge in [-0.1, -0.05) is 23.2 Å². The van der Waals surface area contributed by atoms with Gasteiger partial charge in [0.1, 0.15) is 10.7 Å². The molecule has 0 fully saturated rings. The fourth-order valence-electron chi connectivity index (χ4n) is 1.13. The molecule has 76 valence electrons. The van der Waals surface area contributed by atoms with Crippen LogP contribution in [-0.4, -0.2) is 11.3 Å². The number of carbonyl (C=O) groups excluding carboxylic acids is 1. The Morgan fingerprint density at radius 3 is 2.80 bits per heavy atom. The van der Waals surface area contributed by atoms with Crippen molar-refractivity contribution in [2.45, 2.75) is 0 Å². The summed E-state index contributed by atoms with van der Waals surface area (Å²) < 4.78 is 0. The summed E-state index contributed by atoms with van der Waals surface area (Å²) in [7, 11) is 0. The van der Waals surface area contributed by atoms with Crippen molar-refractivity contribution < 1.29 is 4.79 Å². The minimum absolute atomic E-state index is 0.408. The van der Waals surface area contributed by atoms with E-state index in [1.165, 1.54) is 11.3 Å². The van der Waals surface area contributed by atoms with Gasteiger partial charge >= 0.3 is 0 Å². The van der Waals surface area contributed by atoms with Crippen LogP contribution in [0.3, 0.4) is 0 Å². The van der Waals surface area contributed by atoms with Crippen molar-refractivity contribution in [3.8, 4) is 10.6 Å². The Morgan fingerprint density at radius 1 is 1.33 bits per heavy atom. The highest BCUT2D eigenvalue weighted by Gasteiger charge is 2.08. The fraction of sp³-hybridized carbons (Fsp3) is 0. The van der Waals surface area contributed by atoms with E-state index in [2.05, 4.69) is 4.98 Å². The molecule has 1 aromatic heterocycles. The average Bonchev–Trinajstić information content (AvgIpc) is 2.70. The van der Waals surface area contributed by atoms with E-state index in [0.29, 0.717) is 27.0 Å². The topological polar surface area (TPSA) is 30.0 Å². The summed E-state index contributed by atoms with van der Waals surface area (Å²) >= 11 is 13.2. The maximum absolute atomic E-state index is 10.5. The minimum atomic E-state index is 0.408. The first-order valence-electron chi connectivity index (χ1n) is 4.07. The number of carbonyl (C=O) groups is 1. The second kappa shape index (κ2) is 4.31. The van der Waals surface area contributed by atoms with Gasteiger partial charge < -0.3 is 0 Å². The second-order valence-electron chi connectivity index (χ2n) is 2.82. The van der Waals surface area contributed by atoms with Gasteiger partial charge in [0.15, 0.2) is 6.29 Å². The minimum Gasteiger partial charge on any atom is -0.296 e. The largest absolute Gasteiger partial charge is 0.296 e. The molecule has 0 aliphatic carbocycles. The molecule has 5 heteroatoms. The molecule has 0 aliphatic heterocycles. The first kappa shape index (κ1) is 10.6. The monoisotopic (exact) mass is 257 g/mol. The summed E-state index contributed by atoms with van der Waals surface area (Å²) in [6.07, 6.45) is 0.707. The van der Waals surface area contributed by atoms with Crippen molar-refractivity contribution in [3.63, 3.8) is 0 Å². The maximum Gasteiger partial charge on any atom is 0.169 e. The third-order valence-electron chi connectivity index (χ3n) is 1.80. The van der Waals surface area contributed by atoms with Gasteiger partial charge in [-0.3, -0.25) is 4.79 Å². The molecule has 0 saturated carbocycles. The number of benzene rings is 1. The Labute approximate surface area is 100 Å². The summed E-state index contributed by atoms with van der Waals surface area (Å²) in [4.78, 5) is 14.6. The smallest absolute Gasteiger partial charge is 0.169 e. The molecule has 15 heavy (non-hydrogen) atoms. The summed E-state index contributed by atoms with van der Waals surface area (Å²) in [6.45, 7) is 0. The van der Waals surface area contributed by atoms with E-state index in [0.717, 1.165) is 5.56 Å². The van der Waals surface area contributed by atoms with E-state index < -0.39 is 0 Å². The van der Waals surface area contributed by atoms with Crippen molar-refractivity contribution in [2.75, 3.05) is 0 Å². The zero-order valence-corrected chi connectivity index (χ0v) is 9.73. The highest BCUT2D eigenvalue weighted by molar-refractivity contribution is 7.13. The highest BCUT2D eigenvalue weighted by atomic mass is 35.5. The van der Waals surface area contributed by atoms with Gasteiger partial charge in [0.05, 0.1) is 5.02 Å². The fourth-order valence-corrected chi connectivity index (χ4v) is 2.36. The van der Waals surface area contributed by atoms with Crippen LogP contribution in [0.1, 0.15) is 10.5 Å². The molecule has 0 atom stereocenters. The van der Waals surface area contributed by atoms with E-state index >= 15 is 0 Å². The first-order chi connectivity index (χ1) is 7.20. The molecule has 0 radical (unpaired) electrons. The average molecular weight is 258 g/mol. The lowest BCUT2D eigenvalue weighted by Crippen LogP contribution is -1.81. The number of aldehydes is 1. The summed E-state index contributed by atoms with van der Waals surface area (Å²) in [6, 6.07) is 5.15. The van der Waals surface area contributed by atoms with Gasteiger partial charge in [0.25, 0.3) is 0 Å². The van der Waals surface area contributed by atoms with Gasteiger partial charge in [-0.15, -0.1) is 11.3 Å². The number of nitrogens with zero attached hydrogens (tertiary/aromatic N) is 1. The predicted octanol–water partition coefficient (Wildman–Crippen LogP) is 3.93. The van der Waals surface area contributed by atoms with Gasteiger partial charge in [-0.2, -0.15) is 0 Å². The van der Waals surface area contributed by atoms with Crippen LogP contribution >= 0.6 is 34.5 Å². The van der Waals surface area contributed by atoms with Gasteiger partial charge in [-0.05, 0) is 18.2 Å². The number of rotatable bonds is 2. The molecule has 2 rings (SSSR count). The van der Waals surface area contributed by atoms with Crippen LogP contribution in [0.5, 0.6) is 0 Å². The normalized spacial score (nSPS) is 10.3. The summed E-state index contributed by atoms with van der Waals surface area (Å²) in [5, 5.41) is 3.55. The quantitative estimate of drug-likeness (QED) is 0.764. The van der Waals surface area contributed by atoms with Crippen LogP contribution in [-0.2, 0) is 0 Å². The van der Waals surface area contributed by atoms with Gasteiger partial charge in [-0.25, -0.2) is 4.98 Å². The van der Waals surface area contributed by atoms with E-state index in [-0.39, 0.29) is 0 Å². The lowest BCUT2D eigenvalue weighted by atomic mass is 10.2. The molecule has 0 unspecified atom stereocenters. The molecule has 0 bridgehead atoms. The molecule has 0 N–H and O–H groups in total. The first-order valence-corrected chi connectivity index (χ1v) is 5.70. The lowest BCUT2D eigenvalue weighted by molar-refractivity contribution is 0.111. The van der Waals surface area contributed by atoms with Crippen LogP contribution in [0.4, 0.5) is 0 Å². The predicted molar refractivity (Wildman–Crippen MR) is 63.0 cm³/mol. The summed E-state index contributed by atoms with van der Waals surface area (Å²) in [5.41, 5.74) is 1.16. The van der Waals surface area contributed by atoms with Crippen molar-refractivity contribution in [2.24, 2.45) is 0 Å². The van der Waals surface area contributed by atoms with Crippen LogP contribution in [0.25, 0.3) is 10.6 Å². The molecule has 0 aliphatic rings. The Kier molecular flexibility index (Phi) is 3.05. The van der Waals surface area contributed by atoms with E-state index in [9.17, 15) is 4.79 Å². The molecular formula is C10H5Cl2NOS. The van der Waals surface area contributed by atoms with E-state index in [1.54, 1.807) is 23.6 Å². The van der Waals surface area contributed by atoms with E-state index in [1.807, 2.05) is 0 Å². The van der Waals surface area contributed by atoms with Crippen LogP contribution in [0, 0.1) is 0 Å². The lowest BCUT2D eigenvalue weighted by Gasteiger charge is -2.00. The van der Waals surface area contributed by atoms with Crippen LogP contribution in [0.15, 0.2) is 23.6 Å². The van der Waals surface area contributed by atoms with Gasteiger partial charge in [0, 0.05) is 16.0 Å².